The Balaban J connectivity index is 0. The molecule has 0 aromatic rings. The molecule has 0 amide bonds. The zero-order chi connectivity index (χ0) is 3.58. The SMILES string of the molecule is CC(=O)[O-].[GeH3+]. The van der Waals surface area contributed by atoms with Crippen molar-refractivity contribution in [2.75, 3.05) is 0 Å². The van der Waals surface area contributed by atoms with Crippen LogP contribution in [0.2, 0.25) is 0 Å². The van der Waals surface area contributed by atoms with Crippen molar-refractivity contribution in [2.45, 2.75) is 6.92 Å². The van der Waals surface area contributed by atoms with E-state index in [1.165, 1.54) is 0 Å². The molecule has 0 saturated carbocycles. The van der Waals surface area contributed by atoms with Gasteiger partial charge in [-0.2, -0.15) is 0 Å². The van der Waals surface area contributed by atoms with Crippen LogP contribution in [0, 0.1) is 0 Å². The Hall–Kier alpha value is 0.0129. The van der Waals surface area contributed by atoms with Gasteiger partial charge in [0.05, 0.1) is 0 Å². The Labute approximate surface area is 41.2 Å². The quantitative estimate of drug-likeness (QED) is 0.346. The number of carboxylic acids is 1. The molecule has 0 unspecified atom stereocenters. The van der Waals surface area contributed by atoms with Crippen LogP contribution in [0.4, 0.5) is 0 Å². The van der Waals surface area contributed by atoms with Crippen molar-refractivity contribution in [2.24, 2.45) is 0 Å². The molecule has 3 heteroatoms. The standard InChI is InChI=1S/C2H4O2.GeH3/c1-2(3)4;/h1H3,(H,3,4);1H3/q;+1/p-1. The van der Waals surface area contributed by atoms with E-state index in [0.717, 1.165) is 6.92 Å². The van der Waals surface area contributed by atoms with Crippen molar-refractivity contribution in [1.29, 1.82) is 0 Å². The van der Waals surface area contributed by atoms with Crippen LogP contribution in [0.1, 0.15) is 6.92 Å². The van der Waals surface area contributed by atoms with Crippen LogP contribution in [0.25, 0.3) is 0 Å². The van der Waals surface area contributed by atoms with Crippen molar-refractivity contribution in [3.05, 3.63) is 0 Å². The van der Waals surface area contributed by atoms with Gasteiger partial charge in [0, 0.05) is 5.97 Å². The summed E-state index contributed by atoms with van der Waals surface area (Å²) in [5.41, 5.74) is 0. The first-order chi connectivity index (χ1) is 1.73. The topological polar surface area (TPSA) is 40.1 Å². The fourth-order valence-electron chi connectivity index (χ4n) is 0. The molecule has 0 aliphatic rings. The third-order valence-corrected chi connectivity index (χ3v) is 0. The van der Waals surface area contributed by atoms with Gasteiger partial charge in [-0.1, -0.05) is 0 Å². The van der Waals surface area contributed by atoms with Gasteiger partial charge in [-0.15, -0.1) is 0 Å². The monoisotopic (exact) mass is 136 g/mol. The number of hydrogen-bond donors (Lipinski definition) is 0. The molecule has 0 bridgehead atoms. The summed E-state index contributed by atoms with van der Waals surface area (Å²) in [6, 6.07) is 0. The molecule has 0 saturated heterocycles. The van der Waals surface area contributed by atoms with Gasteiger partial charge in [0.15, 0.2) is 0 Å². The second-order valence-corrected chi connectivity index (χ2v) is 0.492. The number of carboxylic acid groups (broad SMARTS) is 1. The first-order valence-electron chi connectivity index (χ1n) is 0.908. The average molecular weight is 135 g/mol. The van der Waals surface area contributed by atoms with Gasteiger partial charge < -0.3 is 9.90 Å². The van der Waals surface area contributed by atoms with Gasteiger partial charge in [0.2, 0.25) is 0 Å². The van der Waals surface area contributed by atoms with Crippen LogP contribution < -0.4 is 5.11 Å². The Morgan fingerprint density at radius 2 is 1.80 bits per heavy atom. The van der Waals surface area contributed by atoms with Crippen molar-refractivity contribution >= 4 is 23.6 Å². The summed E-state index contributed by atoms with van der Waals surface area (Å²) in [6.07, 6.45) is 0. The van der Waals surface area contributed by atoms with Crippen LogP contribution in [0.5, 0.6) is 0 Å². The van der Waals surface area contributed by atoms with E-state index in [4.69, 9.17) is 9.90 Å². The maximum atomic E-state index is 8.89. The molecule has 0 fully saturated rings. The van der Waals surface area contributed by atoms with Gasteiger partial charge in [-0.05, 0) is 6.92 Å². The molecule has 0 spiro atoms. The first kappa shape index (κ1) is 8.89. The molecule has 30 valence electrons. The maximum absolute atomic E-state index is 8.89. The minimum atomic E-state index is -1.08. The molecule has 0 N–H and O–H groups in total. The molecule has 0 rings (SSSR count). The summed E-state index contributed by atoms with van der Waals surface area (Å²) in [4.78, 5) is 8.89. The van der Waals surface area contributed by atoms with E-state index >= 15 is 0 Å². The molecule has 5 heavy (non-hydrogen) atoms. The Bertz CT molecular complexity index is 30.6. The van der Waals surface area contributed by atoms with Crippen molar-refractivity contribution in [3.63, 3.8) is 0 Å². The number of carbonyl (C=O) groups excluding carboxylic acids is 1. The summed E-state index contributed by atoms with van der Waals surface area (Å²) < 4.78 is 0. The molecule has 0 aromatic heterocycles. The first-order valence-corrected chi connectivity index (χ1v) is 0.908. The zero-order valence-corrected chi connectivity index (χ0v) is 7.51. The van der Waals surface area contributed by atoms with Gasteiger partial charge in [-0.25, -0.2) is 0 Å². The minimum absolute atomic E-state index is 0. The van der Waals surface area contributed by atoms with Crippen LogP contribution in [-0.2, 0) is 4.79 Å². The van der Waals surface area contributed by atoms with E-state index in [9.17, 15) is 0 Å². The van der Waals surface area contributed by atoms with Crippen LogP contribution >= 0.6 is 0 Å². The number of hydrogen-bond acceptors (Lipinski definition) is 2. The second kappa shape index (κ2) is 4.01. The molecule has 0 aromatic carbocycles. The van der Waals surface area contributed by atoms with Gasteiger partial charge in [0.25, 0.3) is 0 Å². The van der Waals surface area contributed by atoms with Crippen molar-refractivity contribution in [1.82, 2.24) is 0 Å². The Morgan fingerprint density at radius 3 is 1.80 bits per heavy atom. The van der Waals surface area contributed by atoms with Gasteiger partial charge in [-0.3, -0.25) is 0 Å². The molecule has 0 heterocycles. The summed E-state index contributed by atoms with van der Waals surface area (Å²) in [5.74, 6) is -1.08. The molecule has 0 radical (unpaired) electrons. The Kier molecular flexibility index (Phi) is 7.14. The van der Waals surface area contributed by atoms with E-state index in [0.29, 0.717) is 0 Å². The second-order valence-electron chi connectivity index (χ2n) is 0.492. The summed E-state index contributed by atoms with van der Waals surface area (Å²) >= 11 is 0. The molecule has 2 nitrogen and oxygen atoms in total. The molecule has 0 aliphatic heterocycles. The number of rotatable bonds is 0. The Morgan fingerprint density at radius 1 is 1.80 bits per heavy atom. The third kappa shape index (κ3) is 98400. The number of aliphatic carboxylic acids is 1. The van der Waals surface area contributed by atoms with Crippen LogP contribution in [0.15, 0.2) is 0 Å². The fraction of sp³-hybridized carbons (Fsp3) is 0.500. The summed E-state index contributed by atoms with van der Waals surface area (Å²) in [6.45, 7) is 0.972. The van der Waals surface area contributed by atoms with E-state index in [1.807, 2.05) is 0 Å². The average Bonchev–Trinajstić information content (AvgIpc) is 0.811. The molecule has 0 aliphatic carbocycles. The predicted molar refractivity (Wildman–Crippen MR) is 20.6 cm³/mol. The van der Waals surface area contributed by atoms with Gasteiger partial charge in [0.1, 0.15) is 0 Å². The third-order valence-electron chi connectivity index (χ3n) is 0. The van der Waals surface area contributed by atoms with Gasteiger partial charge >= 0.3 is 17.6 Å². The summed E-state index contributed by atoms with van der Waals surface area (Å²) in [5, 5.41) is 8.89. The van der Waals surface area contributed by atoms with Crippen molar-refractivity contribution in [3.8, 4) is 0 Å². The van der Waals surface area contributed by atoms with E-state index < -0.39 is 5.97 Å². The normalized spacial score (nSPS) is 5.00. The predicted octanol–water partition coefficient (Wildman–Crippen LogP) is -2.43. The molecular weight excluding hydrogens is 129 g/mol. The zero-order valence-electron chi connectivity index (χ0n) is 3.32. The molecular formula is C2H6GeO2. The van der Waals surface area contributed by atoms with E-state index in [-0.39, 0.29) is 17.6 Å². The van der Waals surface area contributed by atoms with E-state index in [1.54, 1.807) is 0 Å². The van der Waals surface area contributed by atoms with Crippen LogP contribution in [0.3, 0.4) is 0 Å². The number of carbonyl (C=O) groups is 1. The molecule has 0 atom stereocenters. The summed E-state index contributed by atoms with van der Waals surface area (Å²) in [7, 11) is 0. The van der Waals surface area contributed by atoms with Crippen LogP contribution in [-0.4, -0.2) is 23.6 Å². The van der Waals surface area contributed by atoms with E-state index in [2.05, 4.69) is 0 Å². The van der Waals surface area contributed by atoms with Crippen molar-refractivity contribution < 1.29 is 9.90 Å². The fourth-order valence-corrected chi connectivity index (χ4v) is 0.